The molecule has 6 heteroatoms. The lowest BCUT2D eigenvalue weighted by molar-refractivity contribution is 0.310. The summed E-state index contributed by atoms with van der Waals surface area (Å²) in [7, 11) is 0. The molecule has 0 saturated heterocycles. The lowest BCUT2D eigenvalue weighted by Gasteiger charge is -2.12. The van der Waals surface area contributed by atoms with Crippen molar-refractivity contribution in [3.63, 3.8) is 0 Å². The van der Waals surface area contributed by atoms with Gasteiger partial charge >= 0.3 is 0 Å². The van der Waals surface area contributed by atoms with E-state index in [0.717, 1.165) is 12.5 Å². The molecular formula is C14H17F2N3O. The first-order valence-electron chi connectivity index (χ1n) is 6.53. The molecule has 0 aliphatic carbocycles. The molecule has 0 radical (unpaired) electrons. The van der Waals surface area contributed by atoms with Gasteiger partial charge in [-0.1, -0.05) is 31.5 Å². The van der Waals surface area contributed by atoms with E-state index in [2.05, 4.69) is 10.1 Å². The van der Waals surface area contributed by atoms with E-state index >= 15 is 0 Å². The van der Waals surface area contributed by atoms with E-state index in [1.54, 1.807) is 0 Å². The highest BCUT2D eigenvalue weighted by molar-refractivity contribution is 5.21. The Morgan fingerprint density at radius 1 is 1.35 bits per heavy atom. The van der Waals surface area contributed by atoms with Crippen molar-refractivity contribution in [1.82, 2.24) is 10.1 Å². The summed E-state index contributed by atoms with van der Waals surface area (Å²) in [6.07, 6.45) is 1.04. The van der Waals surface area contributed by atoms with Crippen LogP contribution >= 0.6 is 0 Å². The van der Waals surface area contributed by atoms with Gasteiger partial charge in [0.05, 0.1) is 6.04 Å². The summed E-state index contributed by atoms with van der Waals surface area (Å²) in [5.74, 6) is -0.339. The summed E-state index contributed by atoms with van der Waals surface area (Å²) in [6, 6.07) is 3.07. The smallest absolute Gasteiger partial charge is 0.243 e. The molecular weight excluding hydrogens is 264 g/mol. The number of halogens is 2. The van der Waals surface area contributed by atoms with Crippen LogP contribution in [-0.4, -0.2) is 10.1 Å². The molecule has 4 nitrogen and oxygen atoms in total. The van der Waals surface area contributed by atoms with Crippen LogP contribution in [0.4, 0.5) is 8.78 Å². The number of aromatic nitrogens is 2. The minimum atomic E-state index is -0.623. The first-order valence-corrected chi connectivity index (χ1v) is 6.53. The molecule has 1 heterocycles. The number of nitrogens with zero attached hydrogens (tertiary/aromatic N) is 2. The Kier molecular flexibility index (Phi) is 4.44. The fourth-order valence-corrected chi connectivity index (χ4v) is 1.81. The van der Waals surface area contributed by atoms with E-state index < -0.39 is 11.6 Å². The number of benzene rings is 1. The zero-order chi connectivity index (χ0) is 14.7. The minimum Gasteiger partial charge on any atom is -0.338 e. The zero-order valence-corrected chi connectivity index (χ0v) is 11.4. The number of nitrogens with two attached hydrogens (primary N) is 1. The molecule has 2 aromatic rings. The molecule has 0 unspecified atom stereocenters. The lowest BCUT2D eigenvalue weighted by Crippen LogP contribution is -2.18. The van der Waals surface area contributed by atoms with Gasteiger partial charge in [-0.05, 0) is 17.5 Å². The Bertz CT molecular complexity index is 586. The molecule has 2 atom stereocenters. The highest BCUT2D eigenvalue weighted by atomic mass is 19.1. The Labute approximate surface area is 116 Å². The van der Waals surface area contributed by atoms with Crippen molar-refractivity contribution < 1.29 is 13.3 Å². The van der Waals surface area contributed by atoms with Crippen molar-refractivity contribution in [2.24, 2.45) is 11.7 Å². The van der Waals surface area contributed by atoms with Crippen LogP contribution in [-0.2, 0) is 6.42 Å². The first-order chi connectivity index (χ1) is 9.51. The van der Waals surface area contributed by atoms with Gasteiger partial charge in [0.25, 0.3) is 0 Å². The average Bonchev–Trinajstić information content (AvgIpc) is 2.88. The second kappa shape index (κ2) is 6.09. The molecule has 2 N–H and O–H groups in total. The van der Waals surface area contributed by atoms with Gasteiger partial charge in [-0.2, -0.15) is 4.98 Å². The summed E-state index contributed by atoms with van der Waals surface area (Å²) in [4.78, 5) is 4.17. The second-order valence-electron chi connectivity index (χ2n) is 4.87. The van der Waals surface area contributed by atoms with Crippen molar-refractivity contribution in [3.05, 3.63) is 47.1 Å². The summed E-state index contributed by atoms with van der Waals surface area (Å²) in [5, 5.41) is 3.79. The van der Waals surface area contributed by atoms with Crippen LogP contribution in [0, 0.1) is 17.6 Å². The number of rotatable bonds is 5. The molecule has 108 valence electrons. The third kappa shape index (κ3) is 3.19. The van der Waals surface area contributed by atoms with Crippen molar-refractivity contribution in [1.29, 1.82) is 0 Å². The number of hydrogen-bond donors (Lipinski definition) is 1. The summed E-state index contributed by atoms with van der Waals surface area (Å²) < 4.78 is 31.5. The summed E-state index contributed by atoms with van der Waals surface area (Å²) >= 11 is 0. The molecule has 0 bridgehead atoms. The second-order valence-corrected chi connectivity index (χ2v) is 4.87. The van der Waals surface area contributed by atoms with Crippen molar-refractivity contribution in [3.8, 4) is 0 Å². The van der Waals surface area contributed by atoms with E-state index in [-0.39, 0.29) is 18.4 Å². The van der Waals surface area contributed by atoms with Crippen LogP contribution in [0.15, 0.2) is 22.7 Å². The maximum atomic E-state index is 13.5. The summed E-state index contributed by atoms with van der Waals surface area (Å²) in [6.45, 7) is 4.02. The summed E-state index contributed by atoms with van der Waals surface area (Å²) in [5.41, 5.74) is 6.30. The maximum absolute atomic E-state index is 13.5. The molecule has 2 rings (SSSR count). The Morgan fingerprint density at radius 2 is 2.10 bits per heavy atom. The van der Waals surface area contributed by atoms with Gasteiger partial charge in [0.15, 0.2) is 5.82 Å². The molecule has 1 aromatic heterocycles. The van der Waals surface area contributed by atoms with Gasteiger partial charge in [-0.25, -0.2) is 8.78 Å². The molecule has 1 aromatic carbocycles. The molecule has 0 aliphatic heterocycles. The van der Waals surface area contributed by atoms with Crippen LogP contribution in [0.2, 0.25) is 0 Å². The molecule has 0 amide bonds. The van der Waals surface area contributed by atoms with Gasteiger partial charge < -0.3 is 10.3 Å². The standard InChI is InChI=1S/C14H17F2N3O/c1-3-8(2)13(17)14-18-12(19-20-14)6-9-4-5-10(15)7-11(9)16/h4-5,7-8,13H,3,6,17H2,1-2H3/t8-,13-/m0/s1. The highest BCUT2D eigenvalue weighted by Crippen LogP contribution is 2.21. The van der Waals surface area contributed by atoms with Crippen LogP contribution in [0.3, 0.4) is 0 Å². The fraction of sp³-hybridized carbons (Fsp3) is 0.429. The Hall–Kier alpha value is -1.82. The van der Waals surface area contributed by atoms with E-state index in [1.165, 1.54) is 12.1 Å². The van der Waals surface area contributed by atoms with E-state index in [4.69, 9.17) is 10.3 Å². The largest absolute Gasteiger partial charge is 0.338 e. The van der Waals surface area contributed by atoms with E-state index in [0.29, 0.717) is 17.3 Å². The Morgan fingerprint density at radius 3 is 2.75 bits per heavy atom. The lowest BCUT2D eigenvalue weighted by atomic mass is 10.0. The monoisotopic (exact) mass is 281 g/mol. The predicted octanol–water partition coefficient (Wildman–Crippen LogP) is 2.98. The molecule has 0 aliphatic rings. The predicted molar refractivity (Wildman–Crippen MR) is 69.8 cm³/mol. The molecule has 0 saturated carbocycles. The van der Waals surface area contributed by atoms with E-state index in [9.17, 15) is 8.78 Å². The minimum absolute atomic E-state index is 0.142. The number of hydrogen-bond acceptors (Lipinski definition) is 4. The fourth-order valence-electron chi connectivity index (χ4n) is 1.81. The topological polar surface area (TPSA) is 64.9 Å². The Balaban J connectivity index is 2.13. The van der Waals surface area contributed by atoms with Gasteiger partial charge in [0.2, 0.25) is 5.89 Å². The van der Waals surface area contributed by atoms with Crippen molar-refractivity contribution in [2.75, 3.05) is 0 Å². The third-order valence-electron chi connectivity index (χ3n) is 3.39. The van der Waals surface area contributed by atoms with Gasteiger partial charge in [0, 0.05) is 12.5 Å². The van der Waals surface area contributed by atoms with Crippen LogP contribution in [0.1, 0.15) is 43.6 Å². The van der Waals surface area contributed by atoms with E-state index in [1.807, 2.05) is 13.8 Å². The van der Waals surface area contributed by atoms with Gasteiger partial charge in [0.1, 0.15) is 11.6 Å². The van der Waals surface area contributed by atoms with Gasteiger partial charge in [-0.15, -0.1) is 0 Å². The van der Waals surface area contributed by atoms with Crippen LogP contribution in [0.5, 0.6) is 0 Å². The SMILES string of the molecule is CC[C@H](C)[C@H](N)c1nc(Cc2ccc(F)cc2F)no1. The third-order valence-corrected chi connectivity index (χ3v) is 3.39. The first kappa shape index (κ1) is 14.6. The van der Waals surface area contributed by atoms with Gasteiger partial charge in [-0.3, -0.25) is 0 Å². The zero-order valence-electron chi connectivity index (χ0n) is 11.4. The highest BCUT2D eigenvalue weighted by Gasteiger charge is 2.20. The van der Waals surface area contributed by atoms with Crippen molar-refractivity contribution >= 4 is 0 Å². The van der Waals surface area contributed by atoms with Crippen molar-refractivity contribution in [2.45, 2.75) is 32.7 Å². The van der Waals surface area contributed by atoms with Crippen LogP contribution < -0.4 is 5.73 Å². The molecule has 0 spiro atoms. The van der Waals surface area contributed by atoms with Crippen LogP contribution in [0.25, 0.3) is 0 Å². The average molecular weight is 281 g/mol. The normalized spacial score (nSPS) is 14.2. The quantitative estimate of drug-likeness (QED) is 0.915. The molecule has 20 heavy (non-hydrogen) atoms. The maximum Gasteiger partial charge on any atom is 0.243 e. The molecule has 0 fully saturated rings.